The Morgan fingerprint density at radius 1 is 1.18 bits per heavy atom. The molecule has 2 unspecified atom stereocenters. The summed E-state index contributed by atoms with van der Waals surface area (Å²) in [4.78, 5) is 43.1. The molecule has 0 aromatic rings. The molecule has 3 saturated carbocycles. The fourth-order valence-electron chi connectivity index (χ4n) is 8.44. The van der Waals surface area contributed by atoms with Crippen molar-refractivity contribution in [2.45, 2.75) is 89.5 Å². The average Bonchev–Trinajstić information content (AvgIpc) is 3.08. The molecule has 4 aliphatic rings. The first-order valence-corrected chi connectivity index (χ1v) is 13.8. The number of aliphatic hydroxyl groups excluding tert-OH is 2. The number of aliphatic hydroxyl groups is 2. The molecule has 10 nitrogen and oxygen atoms in total. The molecule has 3 fully saturated rings. The Labute approximate surface area is 227 Å². The van der Waals surface area contributed by atoms with E-state index in [-0.39, 0.29) is 30.6 Å². The van der Waals surface area contributed by atoms with Crippen LogP contribution in [0.2, 0.25) is 0 Å². The second kappa shape index (κ2) is 10.8. The van der Waals surface area contributed by atoms with Gasteiger partial charge in [0.2, 0.25) is 5.78 Å². The van der Waals surface area contributed by atoms with Crippen LogP contribution in [0.5, 0.6) is 0 Å². The largest absolute Gasteiger partial charge is 0.450 e. The monoisotopic (exact) mass is 553 g/mol. The minimum absolute atomic E-state index is 0.0139. The SMILES string of the molecule is C[C@H]1CC2C3CCC4=CC(=O)C=C[C@]4(C)[C@@]3(F)[C@@H](O)C[C@]2(C)[C@@]1(OC(=O)CCCCCON(O)O)C(=O)CO. The Morgan fingerprint density at radius 3 is 2.56 bits per heavy atom. The Hall–Kier alpha value is -2.02. The van der Waals surface area contributed by atoms with Crippen molar-refractivity contribution in [1.29, 1.82) is 0 Å². The van der Waals surface area contributed by atoms with Gasteiger partial charge in [0.15, 0.2) is 17.1 Å². The number of unbranched alkanes of at least 4 members (excludes halogenated alkanes) is 2. The topological polar surface area (TPSA) is 154 Å². The molecular weight excluding hydrogens is 513 g/mol. The first-order chi connectivity index (χ1) is 18.3. The molecule has 0 saturated heterocycles. The van der Waals surface area contributed by atoms with E-state index in [1.165, 1.54) is 12.2 Å². The number of carbonyl (C=O) groups is 3. The molecular formula is C28H40FNO9. The number of fused-ring (bicyclic) bond motifs is 5. The van der Waals surface area contributed by atoms with E-state index in [2.05, 4.69) is 4.84 Å². The summed E-state index contributed by atoms with van der Waals surface area (Å²) in [7, 11) is 0. The molecule has 0 spiro atoms. The average molecular weight is 554 g/mol. The highest BCUT2D eigenvalue weighted by atomic mass is 19.1. The lowest BCUT2D eigenvalue weighted by molar-refractivity contribution is -0.492. The van der Waals surface area contributed by atoms with Gasteiger partial charge in [0.25, 0.3) is 0 Å². The third kappa shape index (κ3) is 4.51. The van der Waals surface area contributed by atoms with E-state index in [4.69, 9.17) is 15.2 Å². The van der Waals surface area contributed by atoms with Crippen LogP contribution in [0.25, 0.3) is 0 Å². The summed E-state index contributed by atoms with van der Waals surface area (Å²) in [6, 6.07) is 0. The molecule has 11 heteroatoms. The van der Waals surface area contributed by atoms with E-state index in [0.717, 1.165) is 0 Å². The number of carbonyl (C=O) groups excluding carboxylic acids is 3. The van der Waals surface area contributed by atoms with Gasteiger partial charge >= 0.3 is 5.97 Å². The van der Waals surface area contributed by atoms with Crippen molar-refractivity contribution in [3.63, 3.8) is 0 Å². The van der Waals surface area contributed by atoms with E-state index in [1.54, 1.807) is 26.8 Å². The predicted octanol–water partition coefficient (Wildman–Crippen LogP) is 3.02. The van der Waals surface area contributed by atoms with Crippen molar-refractivity contribution in [2.24, 2.45) is 28.6 Å². The van der Waals surface area contributed by atoms with Gasteiger partial charge in [-0.1, -0.05) is 31.9 Å². The predicted molar refractivity (Wildman–Crippen MR) is 134 cm³/mol. The maximum absolute atomic E-state index is 17.4. The third-order valence-electron chi connectivity index (χ3n) is 10.2. The van der Waals surface area contributed by atoms with Gasteiger partial charge in [-0.15, -0.1) is 0 Å². The zero-order chi connectivity index (χ0) is 28.8. The van der Waals surface area contributed by atoms with Crippen molar-refractivity contribution < 1.29 is 49.0 Å². The molecule has 0 aromatic heterocycles. The Bertz CT molecular complexity index is 1060. The van der Waals surface area contributed by atoms with E-state index < -0.39 is 64.3 Å². The number of alkyl halides is 1. The Morgan fingerprint density at radius 2 is 1.90 bits per heavy atom. The van der Waals surface area contributed by atoms with Gasteiger partial charge in [0, 0.05) is 29.1 Å². The van der Waals surface area contributed by atoms with Crippen LogP contribution in [0, 0.1) is 28.6 Å². The maximum atomic E-state index is 17.4. The molecule has 0 heterocycles. The summed E-state index contributed by atoms with van der Waals surface area (Å²) >= 11 is 0. The van der Waals surface area contributed by atoms with Gasteiger partial charge in [-0.05, 0) is 63.5 Å². The molecule has 4 aliphatic carbocycles. The van der Waals surface area contributed by atoms with Crippen molar-refractivity contribution in [1.82, 2.24) is 5.39 Å². The van der Waals surface area contributed by atoms with Crippen LogP contribution in [0.4, 0.5) is 4.39 Å². The summed E-state index contributed by atoms with van der Waals surface area (Å²) in [5.41, 5.74) is -5.45. The second-order valence-electron chi connectivity index (χ2n) is 12.1. The smallest absolute Gasteiger partial charge is 0.306 e. The normalized spacial score (nSPS) is 41.1. The molecule has 4 N–H and O–H groups in total. The standard InChI is InChI=1S/C28H40FNO9/c1-17-13-21-20-9-8-18-14-19(32)10-11-25(18,2)27(20,29)22(33)15-26(21,3)28(17,23(34)16-31)39-24(35)7-5-4-6-12-38-30(36)37/h10-11,14,17,20-22,31,33,36-37H,4-9,12-13,15-16H2,1-3H3/t17-,20?,21?,22-,25-,26-,27-,28-/m0/s1. The zero-order valence-electron chi connectivity index (χ0n) is 22.8. The van der Waals surface area contributed by atoms with Gasteiger partial charge in [-0.3, -0.25) is 29.6 Å². The maximum Gasteiger partial charge on any atom is 0.306 e. The molecule has 4 rings (SSSR count). The Kier molecular flexibility index (Phi) is 8.26. The van der Waals surface area contributed by atoms with Crippen LogP contribution < -0.4 is 0 Å². The van der Waals surface area contributed by atoms with Gasteiger partial charge in [0.1, 0.15) is 6.61 Å². The summed E-state index contributed by atoms with van der Waals surface area (Å²) in [6.45, 7) is 4.44. The fraction of sp³-hybridized carbons (Fsp3) is 0.750. The minimum Gasteiger partial charge on any atom is -0.450 e. The molecule has 39 heavy (non-hydrogen) atoms. The third-order valence-corrected chi connectivity index (χ3v) is 10.2. The summed E-state index contributed by atoms with van der Waals surface area (Å²) in [5, 5.41) is 38.3. The van der Waals surface area contributed by atoms with E-state index in [1.807, 2.05) is 0 Å². The minimum atomic E-state index is -2.08. The molecule has 218 valence electrons. The fourth-order valence-corrected chi connectivity index (χ4v) is 8.44. The first kappa shape index (κ1) is 30.0. The highest BCUT2D eigenvalue weighted by molar-refractivity contribution is 6.01. The number of rotatable bonds is 10. The number of ketones is 2. The summed E-state index contributed by atoms with van der Waals surface area (Å²) in [6.07, 6.45) is 5.33. The number of ether oxygens (including phenoxy) is 1. The van der Waals surface area contributed by atoms with Crippen molar-refractivity contribution in [2.75, 3.05) is 13.2 Å². The number of hydrogen-bond acceptors (Lipinski definition) is 10. The van der Waals surface area contributed by atoms with Gasteiger partial charge < -0.3 is 14.9 Å². The number of nitrogens with zero attached hydrogens (tertiary/aromatic N) is 1. The number of allylic oxidation sites excluding steroid dienone is 4. The van der Waals surface area contributed by atoms with Crippen LogP contribution in [-0.2, 0) is 24.0 Å². The lowest BCUT2D eigenvalue weighted by atomic mass is 9.44. The second-order valence-corrected chi connectivity index (χ2v) is 12.1. The molecule has 0 amide bonds. The van der Waals surface area contributed by atoms with Crippen molar-refractivity contribution in [3.05, 3.63) is 23.8 Å². The lowest BCUT2D eigenvalue weighted by Gasteiger charge is -2.62. The van der Waals surface area contributed by atoms with Crippen LogP contribution in [-0.4, -0.2) is 74.1 Å². The highest BCUT2D eigenvalue weighted by Crippen LogP contribution is 2.71. The lowest BCUT2D eigenvalue weighted by Crippen LogP contribution is -2.70. The zero-order valence-corrected chi connectivity index (χ0v) is 22.8. The van der Waals surface area contributed by atoms with E-state index in [9.17, 15) is 24.6 Å². The van der Waals surface area contributed by atoms with Gasteiger partial charge in [0.05, 0.1) is 18.1 Å². The van der Waals surface area contributed by atoms with Crippen LogP contribution >= 0.6 is 0 Å². The number of hydrogen-bond donors (Lipinski definition) is 4. The summed E-state index contributed by atoms with van der Waals surface area (Å²) in [5.74, 6) is -3.07. The summed E-state index contributed by atoms with van der Waals surface area (Å²) < 4.78 is 23.4. The molecule has 0 radical (unpaired) electrons. The highest BCUT2D eigenvalue weighted by Gasteiger charge is 2.77. The van der Waals surface area contributed by atoms with Gasteiger partial charge in [-0.2, -0.15) is 0 Å². The van der Waals surface area contributed by atoms with Gasteiger partial charge in [-0.25, -0.2) is 4.39 Å². The number of Topliss-reactive ketones (excluding diaryl/α,β-unsaturated/α-hetero) is 1. The molecule has 8 atom stereocenters. The molecule has 0 aliphatic heterocycles. The van der Waals surface area contributed by atoms with Crippen molar-refractivity contribution in [3.8, 4) is 0 Å². The van der Waals surface area contributed by atoms with E-state index in [0.29, 0.717) is 44.1 Å². The van der Waals surface area contributed by atoms with Crippen LogP contribution in [0.1, 0.15) is 72.1 Å². The van der Waals surface area contributed by atoms with Crippen LogP contribution in [0.15, 0.2) is 23.8 Å². The van der Waals surface area contributed by atoms with Crippen molar-refractivity contribution >= 4 is 17.5 Å². The molecule has 0 aromatic carbocycles. The first-order valence-electron chi connectivity index (χ1n) is 13.8. The van der Waals surface area contributed by atoms with E-state index >= 15 is 4.39 Å². The molecule has 0 bridgehead atoms. The quantitative estimate of drug-likeness (QED) is 0.180. The van der Waals surface area contributed by atoms with Crippen LogP contribution in [0.3, 0.4) is 0 Å². The number of esters is 1. The number of halogens is 1. The Balaban J connectivity index is 1.61.